The number of nitrogens with zero attached hydrogens (tertiary/aromatic N) is 3. The highest BCUT2D eigenvalue weighted by atomic mass is 19.4. The number of piperazine rings is 1. The topological polar surface area (TPSA) is 135 Å². The molecule has 0 saturated carbocycles. The number of carboxylic acids is 1. The Hall–Kier alpha value is -4.33. The summed E-state index contributed by atoms with van der Waals surface area (Å²) in [5, 5.41) is 23.7. The number of amides is 2. The molecule has 3 aliphatic heterocycles. The van der Waals surface area contributed by atoms with E-state index >= 15 is 0 Å². The van der Waals surface area contributed by atoms with Gasteiger partial charge in [0, 0.05) is 24.7 Å². The van der Waals surface area contributed by atoms with Crippen molar-refractivity contribution in [3.05, 3.63) is 58.9 Å². The number of hydrogen-bond acceptors (Lipinski definition) is 7. The largest absolute Gasteiger partial charge is 0.542 e. The van der Waals surface area contributed by atoms with Crippen LogP contribution in [0.1, 0.15) is 45.5 Å². The van der Waals surface area contributed by atoms with E-state index in [-0.39, 0.29) is 42.1 Å². The van der Waals surface area contributed by atoms with E-state index in [9.17, 15) is 37.1 Å². The molecular formula is C26H24F4N4O6. The standard InChI is InChI=1S/C24H23FN4O4.C2HF3O2/c25-19-8-7-15(12-29-23-17(21(31)11-26-29)5-3-6-20(23)30)10-18(19)24(33)27-13-16-4-1-2-9-28(16)22(32)14-27;3-2(4,5)1(6)7/h3,5-8,10-11,16,30H,1-2,4,9,12-14H2;(H,6,7). The molecule has 5 rings (SSSR count). The number of quaternary nitrogens is 1. The molecule has 3 aliphatic rings. The lowest BCUT2D eigenvalue weighted by atomic mass is 9.98. The summed E-state index contributed by atoms with van der Waals surface area (Å²) >= 11 is 0. The van der Waals surface area contributed by atoms with Gasteiger partial charge in [0.05, 0.1) is 11.1 Å². The van der Waals surface area contributed by atoms with E-state index < -0.39 is 23.9 Å². The van der Waals surface area contributed by atoms with Crippen molar-refractivity contribution in [2.45, 2.75) is 38.0 Å². The number of hydrogen-bond donors (Lipinski definition) is 2. The number of carboxylic acid groups (broad SMARTS) is 1. The van der Waals surface area contributed by atoms with Gasteiger partial charge in [-0.2, -0.15) is 18.2 Å². The Bertz CT molecular complexity index is 1380. The molecule has 14 heteroatoms. The van der Waals surface area contributed by atoms with Crippen LogP contribution in [0.25, 0.3) is 0 Å². The Morgan fingerprint density at radius 1 is 1.15 bits per heavy atom. The zero-order valence-corrected chi connectivity index (χ0v) is 20.9. The van der Waals surface area contributed by atoms with Crippen LogP contribution in [0.3, 0.4) is 0 Å². The van der Waals surface area contributed by atoms with Crippen molar-refractivity contribution < 1.29 is 52.0 Å². The third-order valence-electron chi connectivity index (χ3n) is 6.79. The number of halogens is 4. The van der Waals surface area contributed by atoms with Gasteiger partial charge in [-0.25, -0.2) is 4.39 Å². The molecular weight excluding hydrogens is 540 g/mol. The highest BCUT2D eigenvalue weighted by Crippen LogP contribution is 2.26. The van der Waals surface area contributed by atoms with Gasteiger partial charge in [-0.3, -0.25) is 14.4 Å². The lowest BCUT2D eigenvalue weighted by Crippen LogP contribution is -3.01. The minimum Gasteiger partial charge on any atom is -0.542 e. The molecule has 2 unspecified atom stereocenters. The summed E-state index contributed by atoms with van der Waals surface area (Å²) in [5.41, 5.74) is 1.21. The first-order chi connectivity index (χ1) is 18.9. The fourth-order valence-corrected chi connectivity index (χ4v) is 4.91. The molecule has 10 nitrogen and oxygen atoms in total. The number of carbonyl (C=O) groups excluding carboxylic acids is 4. The normalized spacial score (nSPS) is 20.3. The van der Waals surface area contributed by atoms with Gasteiger partial charge >= 0.3 is 6.18 Å². The predicted molar refractivity (Wildman–Crippen MR) is 128 cm³/mol. The summed E-state index contributed by atoms with van der Waals surface area (Å²) in [6.45, 7) is 1.26. The summed E-state index contributed by atoms with van der Waals surface area (Å²) in [4.78, 5) is 49.9. The second-order valence-electron chi connectivity index (χ2n) is 9.47. The van der Waals surface area contributed by atoms with E-state index in [1.165, 1.54) is 29.3 Å². The summed E-state index contributed by atoms with van der Waals surface area (Å²) < 4.78 is 46.2. The Labute approximate surface area is 225 Å². The molecule has 2 aromatic carbocycles. The Morgan fingerprint density at radius 2 is 1.88 bits per heavy atom. The second-order valence-corrected chi connectivity index (χ2v) is 9.47. The summed E-state index contributed by atoms with van der Waals surface area (Å²) in [6.07, 6.45) is -1.17. The molecule has 2 amide bonds. The minimum absolute atomic E-state index is 0.0145. The molecule has 0 spiro atoms. The van der Waals surface area contributed by atoms with Crippen molar-refractivity contribution in [1.82, 2.24) is 9.80 Å². The molecule has 2 saturated heterocycles. The summed E-state index contributed by atoms with van der Waals surface area (Å²) in [5.74, 6) is -4.63. The third-order valence-corrected chi connectivity index (χ3v) is 6.79. The summed E-state index contributed by atoms with van der Waals surface area (Å²) in [7, 11) is 0. The van der Waals surface area contributed by atoms with Crippen molar-refractivity contribution in [3.8, 4) is 5.75 Å². The van der Waals surface area contributed by atoms with Crippen LogP contribution in [-0.4, -0.2) is 76.5 Å². The molecule has 0 aromatic heterocycles. The van der Waals surface area contributed by atoms with Crippen LogP contribution in [0.4, 0.5) is 23.2 Å². The lowest BCUT2D eigenvalue weighted by Gasteiger charge is -2.43. The molecule has 40 heavy (non-hydrogen) atoms. The minimum atomic E-state index is -5.19. The summed E-state index contributed by atoms with van der Waals surface area (Å²) in [6, 6.07) is 8.91. The number of piperidine rings is 1. The van der Waals surface area contributed by atoms with Crippen LogP contribution in [-0.2, 0) is 16.1 Å². The van der Waals surface area contributed by atoms with Gasteiger partial charge in [-0.15, -0.1) is 0 Å². The number of phenolic OH excluding ortho intramolecular Hbond substituents is 1. The number of nitrogens with one attached hydrogen (secondary N) is 1. The highest BCUT2D eigenvalue weighted by Gasteiger charge is 2.37. The number of ketones is 1. The van der Waals surface area contributed by atoms with Gasteiger partial charge in [-0.1, -0.05) is 17.2 Å². The first kappa shape index (κ1) is 28.7. The zero-order chi connectivity index (χ0) is 29.2. The zero-order valence-electron chi connectivity index (χ0n) is 20.9. The van der Waals surface area contributed by atoms with Crippen molar-refractivity contribution >= 4 is 35.5 Å². The molecule has 0 bridgehead atoms. The molecule has 2 N–H and O–H groups in total. The Morgan fingerprint density at radius 3 is 2.58 bits per heavy atom. The van der Waals surface area contributed by atoms with Gasteiger partial charge in [0.2, 0.25) is 17.4 Å². The van der Waals surface area contributed by atoms with Gasteiger partial charge in [0.15, 0.2) is 5.75 Å². The van der Waals surface area contributed by atoms with Gasteiger partial charge in [0.1, 0.15) is 31.1 Å². The number of phenols is 1. The van der Waals surface area contributed by atoms with Crippen LogP contribution in [0.2, 0.25) is 0 Å². The molecule has 2 fully saturated rings. The lowest BCUT2D eigenvalue weighted by molar-refractivity contribution is -0.854. The monoisotopic (exact) mass is 564 g/mol. The first-order valence-corrected chi connectivity index (χ1v) is 12.3. The number of rotatable bonds is 3. The van der Waals surface area contributed by atoms with Gasteiger partial charge in [0.25, 0.3) is 5.91 Å². The number of alkyl halides is 3. The number of fused-ring (bicyclic) bond motifs is 2. The number of para-hydroxylation sites is 1. The highest BCUT2D eigenvalue weighted by molar-refractivity contribution is 6.37. The molecule has 212 valence electrons. The average molecular weight is 564 g/mol. The SMILES string of the molecule is O=C([O-])C(F)(F)F.O=C1C=N[NH+](Cc2ccc(F)c(C(=O)N3CC(=O)N4CCCCC4C3)c2)c2c(O)cccc21. The van der Waals surface area contributed by atoms with Gasteiger partial charge < -0.3 is 24.8 Å². The number of benzene rings is 2. The van der Waals surface area contributed by atoms with Crippen molar-refractivity contribution in [3.63, 3.8) is 0 Å². The van der Waals surface area contributed by atoms with E-state index in [1.54, 1.807) is 18.2 Å². The third kappa shape index (κ3) is 6.11. The van der Waals surface area contributed by atoms with Crippen LogP contribution < -0.4 is 10.1 Å². The van der Waals surface area contributed by atoms with Crippen LogP contribution >= 0.6 is 0 Å². The van der Waals surface area contributed by atoms with E-state index in [2.05, 4.69) is 5.10 Å². The maximum Gasteiger partial charge on any atom is 0.430 e. The predicted octanol–water partition coefficient (Wildman–Crippen LogP) is 0.566. The van der Waals surface area contributed by atoms with Crippen molar-refractivity contribution in [2.24, 2.45) is 5.10 Å². The number of aromatic hydroxyl groups is 1. The Balaban J connectivity index is 0.000000470. The fourth-order valence-electron chi connectivity index (χ4n) is 4.91. The number of aliphatic carboxylic acids is 1. The van der Waals surface area contributed by atoms with Crippen LogP contribution in [0.15, 0.2) is 41.5 Å². The van der Waals surface area contributed by atoms with E-state index in [4.69, 9.17) is 9.90 Å². The first-order valence-electron chi connectivity index (χ1n) is 12.3. The van der Waals surface area contributed by atoms with Gasteiger partial charge in [-0.05, 0) is 43.5 Å². The van der Waals surface area contributed by atoms with E-state index in [0.717, 1.165) is 19.3 Å². The van der Waals surface area contributed by atoms with E-state index in [0.29, 0.717) is 34.9 Å². The maximum atomic E-state index is 14.7. The molecule has 0 aliphatic carbocycles. The van der Waals surface area contributed by atoms with Crippen LogP contribution in [0, 0.1) is 5.82 Å². The molecule has 2 aromatic rings. The Kier molecular flexibility index (Phi) is 8.18. The second kappa shape index (κ2) is 11.4. The maximum absolute atomic E-state index is 14.7. The number of carbonyl (C=O) groups is 4. The number of Topliss-reactive ketones (excluding diaryl/α,β-unsaturated/α-hetero) is 1. The molecule has 3 heterocycles. The van der Waals surface area contributed by atoms with Crippen molar-refractivity contribution in [2.75, 3.05) is 19.6 Å². The molecule has 2 atom stereocenters. The fraction of sp³-hybridized carbons (Fsp3) is 0.346. The average Bonchev–Trinajstić information content (AvgIpc) is 2.91. The molecule has 0 radical (unpaired) electrons. The smallest absolute Gasteiger partial charge is 0.430 e. The quantitative estimate of drug-likeness (QED) is 0.414. The van der Waals surface area contributed by atoms with Crippen LogP contribution in [0.5, 0.6) is 5.75 Å². The van der Waals surface area contributed by atoms with E-state index in [1.807, 2.05) is 4.90 Å². The van der Waals surface area contributed by atoms with Crippen molar-refractivity contribution in [1.29, 1.82) is 0 Å².